The van der Waals surface area contributed by atoms with Gasteiger partial charge in [0.1, 0.15) is 0 Å². The minimum absolute atomic E-state index is 0.0521. The summed E-state index contributed by atoms with van der Waals surface area (Å²) < 4.78 is 12.6. The maximum absolute atomic E-state index is 6.70. The molecule has 23 heavy (non-hydrogen) atoms. The summed E-state index contributed by atoms with van der Waals surface area (Å²) in [4.78, 5) is 6.01. The van der Waals surface area contributed by atoms with Crippen LogP contribution in [0.1, 0.15) is 40.5 Å². The van der Waals surface area contributed by atoms with Crippen LogP contribution in [0, 0.1) is 0 Å². The second-order valence-electron chi connectivity index (χ2n) is 8.95. The zero-order chi connectivity index (χ0) is 18.4. The van der Waals surface area contributed by atoms with E-state index in [1.54, 1.807) is 0 Å². The molecule has 0 aromatic heterocycles. The van der Waals surface area contributed by atoms with Crippen molar-refractivity contribution in [1.82, 2.24) is 0 Å². The van der Waals surface area contributed by atoms with Crippen molar-refractivity contribution in [2.75, 3.05) is 0 Å². The van der Waals surface area contributed by atoms with Gasteiger partial charge in [0.15, 0.2) is 16.6 Å². The zero-order valence-corrected chi connectivity index (χ0v) is 21.9. The normalized spacial score (nSPS) is 17.0. The Balaban J connectivity index is 4.63. The topological polar surface area (TPSA) is 27.7 Å². The maximum Gasteiger partial charge on any atom is 0.232 e. The lowest BCUT2D eigenvalue weighted by atomic mass is 10.3. The van der Waals surface area contributed by atoms with E-state index in [-0.39, 0.29) is 5.22 Å². The van der Waals surface area contributed by atoms with Crippen LogP contribution in [0.2, 0.25) is 57.0 Å². The monoisotopic (exact) mass is 394 g/mol. The second kappa shape index (κ2) is 9.45. The van der Waals surface area contributed by atoms with Crippen molar-refractivity contribution in [3.8, 4) is 0 Å². The first-order valence-corrected chi connectivity index (χ1v) is 20.4. The first kappa shape index (κ1) is 23.7. The maximum atomic E-state index is 6.70. The molecule has 0 aliphatic rings. The van der Waals surface area contributed by atoms with E-state index in [1.807, 2.05) is 0 Å². The standard InChI is InChI=1S/C16H42O3Si4/c1-11-14-22(7,8)19-23(9,10)15-20-16(4,12-2)17-18-21(5,6)13-3/h11-15,20H2,1-10H3. The third-order valence-electron chi connectivity index (χ3n) is 4.73. The van der Waals surface area contributed by atoms with Crippen LogP contribution in [0.25, 0.3) is 0 Å². The fraction of sp³-hybridized carbons (Fsp3) is 1.00. The van der Waals surface area contributed by atoms with Gasteiger partial charge >= 0.3 is 0 Å². The van der Waals surface area contributed by atoms with Crippen molar-refractivity contribution in [1.29, 1.82) is 0 Å². The fourth-order valence-corrected chi connectivity index (χ4v) is 17.2. The largest absolute Gasteiger partial charge is 0.456 e. The summed E-state index contributed by atoms with van der Waals surface area (Å²) in [7, 11) is -5.11. The molecule has 0 aliphatic heterocycles. The smallest absolute Gasteiger partial charge is 0.232 e. The summed E-state index contributed by atoms with van der Waals surface area (Å²) in [5.41, 5.74) is 1.27. The predicted molar refractivity (Wildman–Crippen MR) is 113 cm³/mol. The predicted octanol–water partition coefficient (Wildman–Crippen LogP) is 5.25. The molecule has 0 radical (unpaired) electrons. The first-order valence-electron chi connectivity index (χ1n) is 9.37. The van der Waals surface area contributed by atoms with Crippen LogP contribution in [-0.4, -0.2) is 39.7 Å². The Kier molecular flexibility index (Phi) is 9.75. The Morgan fingerprint density at radius 1 is 0.870 bits per heavy atom. The molecule has 0 amide bonds. The van der Waals surface area contributed by atoms with Gasteiger partial charge in [0.2, 0.25) is 8.32 Å². The third kappa shape index (κ3) is 10.4. The Hall–Kier alpha value is 0.748. The molecule has 0 spiro atoms. The van der Waals surface area contributed by atoms with Gasteiger partial charge in [-0.1, -0.05) is 27.2 Å². The van der Waals surface area contributed by atoms with E-state index in [1.165, 1.54) is 18.1 Å². The van der Waals surface area contributed by atoms with Crippen LogP contribution in [0.15, 0.2) is 0 Å². The van der Waals surface area contributed by atoms with Crippen molar-refractivity contribution in [2.45, 2.75) is 103 Å². The SMILES string of the molecule is CCC[Si](C)(C)O[Si](C)(C)C[SiH2]C(C)(CC)OO[Si](C)(C)CC. The highest BCUT2D eigenvalue weighted by atomic mass is 28.4. The van der Waals surface area contributed by atoms with E-state index in [2.05, 4.69) is 67.0 Å². The van der Waals surface area contributed by atoms with Crippen LogP contribution in [0.5, 0.6) is 0 Å². The average Bonchev–Trinajstić information content (AvgIpc) is 2.42. The molecule has 0 aromatic carbocycles. The van der Waals surface area contributed by atoms with E-state index >= 15 is 0 Å². The van der Waals surface area contributed by atoms with Gasteiger partial charge in [0, 0.05) is 0 Å². The van der Waals surface area contributed by atoms with Crippen molar-refractivity contribution in [3.63, 3.8) is 0 Å². The molecule has 0 saturated heterocycles. The van der Waals surface area contributed by atoms with Gasteiger partial charge in [-0.25, -0.2) is 4.89 Å². The molecule has 0 bridgehead atoms. The number of hydrogen-bond donors (Lipinski definition) is 0. The summed E-state index contributed by atoms with van der Waals surface area (Å²) in [6.07, 6.45) is 2.27. The molecule has 0 aliphatic carbocycles. The van der Waals surface area contributed by atoms with E-state index in [0.29, 0.717) is 0 Å². The molecule has 0 aromatic rings. The third-order valence-corrected chi connectivity index (χ3v) is 20.6. The van der Waals surface area contributed by atoms with Gasteiger partial charge in [0.25, 0.3) is 0 Å². The van der Waals surface area contributed by atoms with Crippen LogP contribution in [0.3, 0.4) is 0 Å². The van der Waals surface area contributed by atoms with Crippen molar-refractivity contribution in [3.05, 3.63) is 0 Å². The molecule has 0 heterocycles. The first-order chi connectivity index (χ1) is 10.3. The molecule has 3 nitrogen and oxygen atoms in total. The lowest BCUT2D eigenvalue weighted by molar-refractivity contribution is -0.269. The lowest BCUT2D eigenvalue weighted by Crippen LogP contribution is -2.48. The highest BCUT2D eigenvalue weighted by Gasteiger charge is 2.36. The van der Waals surface area contributed by atoms with E-state index in [4.69, 9.17) is 13.6 Å². The Morgan fingerprint density at radius 3 is 1.87 bits per heavy atom. The zero-order valence-electron chi connectivity index (χ0n) is 17.5. The Morgan fingerprint density at radius 2 is 1.43 bits per heavy atom. The molecular weight excluding hydrogens is 353 g/mol. The molecule has 1 unspecified atom stereocenters. The number of rotatable bonds is 12. The van der Waals surface area contributed by atoms with E-state index in [0.717, 1.165) is 12.5 Å². The van der Waals surface area contributed by atoms with Crippen LogP contribution in [-0.2, 0) is 13.6 Å². The minimum atomic E-state index is -1.64. The Labute approximate surface area is 151 Å². The van der Waals surface area contributed by atoms with Crippen LogP contribution < -0.4 is 0 Å². The van der Waals surface area contributed by atoms with E-state index in [9.17, 15) is 0 Å². The molecular formula is C16H42O3Si4. The van der Waals surface area contributed by atoms with E-state index < -0.39 is 34.5 Å². The lowest BCUT2D eigenvalue weighted by Gasteiger charge is -2.37. The van der Waals surface area contributed by atoms with Gasteiger partial charge in [-0.3, -0.25) is 4.58 Å². The van der Waals surface area contributed by atoms with Crippen molar-refractivity contribution in [2.24, 2.45) is 0 Å². The van der Waals surface area contributed by atoms with Crippen LogP contribution in [0.4, 0.5) is 0 Å². The summed E-state index contributed by atoms with van der Waals surface area (Å²) in [5.74, 6) is 0. The quantitative estimate of drug-likeness (QED) is 0.257. The Bertz CT molecular complexity index is 348. The highest BCUT2D eigenvalue weighted by molar-refractivity contribution is 6.88. The summed E-state index contributed by atoms with van der Waals surface area (Å²) >= 11 is 0. The molecule has 0 N–H and O–H groups in total. The highest BCUT2D eigenvalue weighted by Crippen LogP contribution is 2.26. The summed E-state index contributed by atoms with van der Waals surface area (Å²) in [6.45, 7) is 22.9. The molecule has 1 atom stereocenters. The van der Waals surface area contributed by atoms with Crippen LogP contribution >= 0.6 is 0 Å². The van der Waals surface area contributed by atoms with Gasteiger partial charge in [-0.2, -0.15) is 0 Å². The van der Waals surface area contributed by atoms with Crippen molar-refractivity contribution >= 4 is 34.5 Å². The number of hydrogen-bond acceptors (Lipinski definition) is 3. The molecule has 7 heteroatoms. The molecule has 140 valence electrons. The van der Waals surface area contributed by atoms with Gasteiger partial charge in [0.05, 0.1) is 14.7 Å². The van der Waals surface area contributed by atoms with Gasteiger partial charge in [-0.05, 0) is 70.4 Å². The fourth-order valence-electron chi connectivity index (χ4n) is 2.57. The van der Waals surface area contributed by atoms with Crippen molar-refractivity contribution < 1.29 is 13.6 Å². The summed E-state index contributed by atoms with van der Waals surface area (Å²) in [6, 6.07) is 2.36. The second-order valence-corrected chi connectivity index (χ2v) is 25.7. The summed E-state index contributed by atoms with van der Waals surface area (Å²) in [5, 5.41) is -0.0521. The molecule has 0 saturated carbocycles. The van der Waals surface area contributed by atoms with Gasteiger partial charge in [-0.15, -0.1) is 0 Å². The molecule has 0 rings (SSSR count). The van der Waals surface area contributed by atoms with Gasteiger partial charge < -0.3 is 4.12 Å². The average molecular weight is 395 g/mol. The minimum Gasteiger partial charge on any atom is -0.456 e. The molecule has 0 fully saturated rings.